The number of rotatable bonds is 2. The van der Waals surface area contributed by atoms with Crippen LogP contribution in [0.25, 0.3) is 0 Å². The molecule has 0 saturated carbocycles. The zero-order valence-electron chi connectivity index (χ0n) is 6.30. The topological polar surface area (TPSA) is 39.4 Å². The summed E-state index contributed by atoms with van der Waals surface area (Å²) < 4.78 is 9.14. The number of furan rings is 1. The Labute approximate surface area is 100 Å². The zero-order chi connectivity index (χ0) is 9.90. The monoisotopic (exact) mass is 374 g/mol. The van der Waals surface area contributed by atoms with Gasteiger partial charge in [0.05, 0.1) is 6.26 Å². The van der Waals surface area contributed by atoms with Crippen molar-refractivity contribution in [3.8, 4) is 0 Å². The number of esters is 1. The van der Waals surface area contributed by atoms with Gasteiger partial charge in [0.25, 0.3) is 0 Å². The summed E-state index contributed by atoms with van der Waals surface area (Å²) in [6.45, 7) is 0.145. The molecule has 0 bridgehead atoms. The molecular formula is C7H5Br3O3. The van der Waals surface area contributed by atoms with Crippen molar-refractivity contribution >= 4 is 53.8 Å². The molecule has 0 unspecified atom stereocenters. The van der Waals surface area contributed by atoms with Gasteiger partial charge in [-0.1, -0.05) is 47.8 Å². The maximum absolute atomic E-state index is 11.2. The van der Waals surface area contributed by atoms with Crippen molar-refractivity contribution in [2.45, 2.75) is 2.14 Å². The van der Waals surface area contributed by atoms with E-state index in [0.29, 0.717) is 0 Å². The second-order valence-corrected chi connectivity index (χ2v) is 9.42. The van der Waals surface area contributed by atoms with Gasteiger partial charge in [-0.05, 0) is 12.1 Å². The van der Waals surface area contributed by atoms with E-state index in [-0.39, 0.29) is 12.4 Å². The Morgan fingerprint density at radius 1 is 1.54 bits per heavy atom. The van der Waals surface area contributed by atoms with Crippen LogP contribution in [-0.4, -0.2) is 14.7 Å². The highest BCUT2D eigenvalue weighted by atomic mass is 80.0. The molecule has 3 nitrogen and oxygen atoms in total. The van der Waals surface area contributed by atoms with Crippen LogP contribution in [-0.2, 0) is 4.74 Å². The number of alkyl halides is 3. The van der Waals surface area contributed by atoms with Crippen molar-refractivity contribution in [2.75, 3.05) is 6.61 Å². The molecule has 0 aliphatic heterocycles. The van der Waals surface area contributed by atoms with Gasteiger partial charge in [-0.2, -0.15) is 0 Å². The summed E-state index contributed by atoms with van der Waals surface area (Å²) in [5.41, 5.74) is 0. The number of hydrogen-bond acceptors (Lipinski definition) is 3. The first-order valence-corrected chi connectivity index (χ1v) is 5.64. The van der Waals surface area contributed by atoms with Gasteiger partial charge in [0, 0.05) is 0 Å². The van der Waals surface area contributed by atoms with Crippen molar-refractivity contribution < 1.29 is 13.9 Å². The van der Waals surface area contributed by atoms with Crippen LogP contribution in [0.4, 0.5) is 0 Å². The van der Waals surface area contributed by atoms with Crippen molar-refractivity contribution in [1.82, 2.24) is 0 Å². The Kier molecular flexibility index (Phi) is 4.00. The highest BCUT2D eigenvalue weighted by Gasteiger charge is 2.21. The smallest absolute Gasteiger partial charge is 0.374 e. The van der Waals surface area contributed by atoms with Crippen molar-refractivity contribution in [3.05, 3.63) is 24.2 Å². The lowest BCUT2D eigenvalue weighted by Gasteiger charge is -2.10. The molecule has 0 aliphatic rings. The Morgan fingerprint density at radius 2 is 2.23 bits per heavy atom. The van der Waals surface area contributed by atoms with Crippen molar-refractivity contribution in [2.24, 2.45) is 0 Å². The second-order valence-electron chi connectivity index (χ2n) is 2.17. The van der Waals surface area contributed by atoms with Crippen LogP contribution in [0.2, 0.25) is 0 Å². The van der Waals surface area contributed by atoms with E-state index in [1.54, 1.807) is 12.1 Å². The predicted octanol–water partition coefficient (Wildman–Crippen LogP) is 3.27. The van der Waals surface area contributed by atoms with E-state index in [1.807, 2.05) is 0 Å². The minimum Gasteiger partial charge on any atom is -0.457 e. The molecule has 0 spiro atoms. The van der Waals surface area contributed by atoms with Crippen LogP contribution >= 0.6 is 47.8 Å². The Hall–Kier alpha value is 0.190. The summed E-state index contributed by atoms with van der Waals surface area (Å²) in [5.74, 6) is -0.301. The number of halogens is 3. The molecule has 1 aromatic heterocycles. The van der Waals surface area contributed by atoms with Crippen molar-refractivity contribution in [3.63, 3.8) is 0 Å². The lowest BCUT2D eigenvalue weighted by molar-refractivity contribution is 0.0485. The first-order valence-electron chi connectivity index (χ1n) is 3.26. The van der Waals surface area contributed by atoms with Gasteiger partial charge in [0.15, 0.2) is 2.14 Å². The largest absolute Gasteiger partial charge is 0.457 e. The highest BCUT2D eigenvalue weighted by Crippen LogP contribution is 2.33. The lowest BCUT2D eigenvalue weighted by Crippen LogP contribution is -2.15. The van der Waals surface area contributed by atoms with E-state index in [2.05, 4.69) is 47.8 Å². The number of carbonyl (C=O) groups excluding carboxylic acids is 1. The average molecular weight is 377 g/mol. The molecule has 13 heavy (non-hydrogen) atoms. The van der Waals surface area contributed by atoms with E-state index in [1.165, 1.54) is 6.26 Å². The molecule has 0 amide bonds. The van der Waals surface area contributed by atoms with Crippen LogP contribution in [0.15, 0.2) is 22.8 Å². The van der Waals surface area contributed by atoms with Gasteiger partial charge in [-0.3, -0.25) is 0 Å². The molecule has 1 rings (SSSR count). The second kappa shape index (κ2) is 4.61. The summed E-state index contributed by atoms with van der Waals surface area (Å²) in [6.07, 6.45) is 1.42. The fraction of sp³-hybridized carbons (Fsp3) is 0.286. The van der Waals surface area contributed by atoms with E-state index < -0.39 is 8.11 Å². The third-order valence-corrected chi connectivity index (χ3v) is 1.78. The molecule has 0 radical (unpaired) electrons. The molecule has 0 aliphatic carbocycles. The molecule has 0 atom stereocenters. The Balaban J connectivity index is 2.44. The predicted molar refractivity (Wildman–Crippen MR) is 58.5 cm³/mol. The third kappa shape index (κ3) is 4.28. The SMILES string of the molecule is O=C(OCC(Br)(Br)Br)c1ccco1. The summed E-state index contributed by atoms with van der Waals surface area (Å²) in [5, 5.41) is 0. The van der Waals surface area contributed by atoms with Gasteiger partial charge < -0.3 is 9.15 Å². The maximum Gasteiger partial charge on any atom is 0.374 e. The Bertz CT molecular complexity index is 276. The van der Waals surface area contributed by atoms with E-state index in [4.69, 9.17) is 9.15 Å². The summed E-state index contributed by atoms with van der Waals surface area (Å²) in [4.78, 5) is 11.2. The maximum atomic E-state index is 11.2. The first-order chi connectivity index (χ1) is 5.99. The third-order valence-electron chi connectivity index (χ3n) is 1.09. The molecule has 0 fully saturated rings. The highest BCUT2D eigenvalue weighted by molar-refractivity contribution is 9.39. The van der Waals surface area contributed by atoms with Crippen LogP contribution in [0, 0.1) is 0 Å². The zero-order valence-corrected chi connectivity index (χ0v) is 11.1. The summed E-state index contributed by atoms with van der Waals surface area (Å²) in [7, 11) is 0. The van der Waals surface area contributed by atoms with Gasteiger partial charge in [-0.25, -0.2) is 4.79 Å². The van der Waals surface area contributed by atoms with E-state index >= 15 is 0 Å². The molecular weight excluding hydrogens is 372 g/mol. The summed E-state index contributed by atoms with van der Waals surface area (Å²) >= 11 is 9.59. The molecule has 72 valence electrons. The Morgan fingerprint density at radius 3 is 2.69 bits per heavy atom. The minimum atomic E-state index is -0.574. The van der Waals surface area contributed by atoms with Gasteiger partial charge in [-0.15, -0.1) is 0 Å². The first kappa shape index (κ1) is 11.3. The van der Waals surface area contributed by atoms with Gasteiger partial charge in [0.2, 0.25) is 5.76 Å². The number of hydrogen-bond donors (Lipinski definition) is 0. The quantitative estimate of drug-likeness (QED) is 0.587. The lowest BCUT2D eigenvalue weighted by atomic mass is 10.5. The summed E-state index contributed by atoms with van der Waals surface area (Å²) in [6, 6.07) is 3.17. The molecule has 1 heterocycles. The van der Waals surface area contributed by atoms with Crippen LogP contribution in [0.3, 0.4) is 0 Å². The molecule has 1 aromatic rings. The van der Waals surface area contributed by atoms with E-state index in [9.17, 15) is 4.79 Å². The molecule has 6 heteroatoms. The van der Waals surface area contributed by atoms with Crippen molar-refractivity contribution in [1.29, 1.82) is 0 Å². The van der Waals surface area contributed by atoms with Crippen LogP contribution < -0.4 is 0 Å². The molecule has 0 saturated heterocycles. The number of ether oxygens (including phenoxy) is 1. The fourth-order valence-electron chi connectivity index (χ4n) is 0.613. The van der Waals surface area contributed by atoms with Crippen LogP contribution in [0.5, 0.6) is 0 Å². The minimum absolute atomic E-state index is 0.145. The van der Waals surface area contributed by atoms with E-state index in [0.717, 1.165) is 0 Å². The average Bonchev–Trinajstić information content (AvgIpc) is 2.50. The number of carbonyl (C=O) groups is 1. The normalized spacial score (nSPS) is 11.3. The van der Waals surface area contributed by atoms with Crippen LogP contribution in [0.1, 0.15) is 10.6 Å². The van der Waals surface area contributed by atoms with Gasteiger partial charge in [0.1, 0.15) is 6.61 Å². The molecule has 0 aromatic carbocycles. The van der Waals surface area contributed by atoms with Gasteiger partial charge >= 0.3 is 5.97 Å². The fourth-order valence-corrected chi connectivity index (χ4v) is 0.957. The standard InChI is InChI=1S/C7H5Br3O3/c8-7(9,10)4-13-6(11)5-2-1-3-12-5/h1-3H,4H2. The molecule has 0 N–H and O–H groups in total.